The van der Waals surface area contributed by atoms with E-state index in [0.717, 1.165) is 5.56 Å². The number of benzene rings is 2. The van der Waals surface area contributed by atoms with E-state index in [0.29, 0.717) is 11.3 Å². The van der Waals surface area contributed by atoms with Crippen molar-refractivity contribution >= 4 is 23.2 Å². The molecule has 1 aliphatic rings. The van der Waals surface area contributed by atoms with Crippen LogP contribution < -0.4 is 5.32 Å². The van der Waals surface area contributed by atoms with Crippen molar-refractivity contribution in [3.63, 3.8) is 0 Å². The van der Waals surface area contributed by atoms with Crippen molar-refractivity contribution in [3.05, 3.63) is 64.2 Å². The van der Waals surface area contributed by atoms with Gasteiger partial charge in [-0.2, -0.15) is 0 Å². The molecule has 1 aliphatic carbocycles. The Labute approximate surface area is 152 Å². The second-order valence-corrected chi connectivity index (χ2v) is 7.06. The minimum Gasteiger partial charge on any atom is -0.370 e. The van der Waals surface area contributed by atoms with Crippen LogP contribution in [0.2, 0.25) is 0 Å². The number of aryl methyl sites for hydroxylation is 2. The maximum absolute atomic E-state index is 13.0. The van der Waals surface area contributed by atoms with Crippen LogP contribution in [0.3, 0.4) is 0 Å². The number of carbonyl (C=O) groups is 3. The van der Waals surface area contributed by atoms with Gasteiger partial charge in [0.05, 0.1) is 0 Å². The van der Waals surface area contributed by atoms with Crippen LogP contribution in [0.15, 0.2) is 36.4 Å². The zero-order valence-corrected chi connectivity index (χ0v) is 15.2. The number of fused-ring (bicyclic) bond motifs is 1. The number of aliphatic hydroxyl groups is 1. The SMILES string of the molecule is Cc1cc(C)c(C2(O)C(=O)c3ccccc3C2=O)c(NC(=O)C(C)C)c1. The van der Waals surface area contributed by atoms with Crippen molar-refractivity contribution in [2.75, 3.05) is 5.32 Å². The first kappa shape index (κ1) is 18.0. The van der Waals surface area contributed by atoms with Crippen molar-refractivity contribution in [2.24, 2.45) is 5.92 Å². The van der Waals surface area contributed by atoms with Crippen LogP contribution in [0.4, 0.5) is 5.69 Å². The molecule has 0 aliphatic heterocycles. The maximum atomic E-state index is 13.0. The smallest absolute Gasteiger partial charge is 0.226 e. The Bertz CT molecular complexity index is 908. The third kappa shape index (κ3) is 2.56. The fourth-order valence-electron chi connectivity index (χ4n) is 3.42. The number of hydrogen-bond acceptors (Lipinski definition) is 4. The summed E-state index contributed by atoms with van der Waals surface area (Å²) in [6, 6.07) is 9.82. The second kappa shape index (κ2) is 6.18. The standard InChI is InChI=1S/C21H21NO4/c1-11(2)20(25)22-16-10-12(3)9-13(4)17(16)21(26)18(23)14-7-5-6-8-15(14)19(21)24/h5-11,26H,1-4H3,(H,22,25). The van der Waals surface area contributed by atoms with Gasteiger partial charge in [-0.15, -0.1) is 0 Å². The lowest BCUT2D eigenvalue weighted by molar-refractivity contribution is -0.118. The van der Waals surface area contributed by atoms with Gasteiger partial charge in [0.2, 0.25) is 23.1 Å². The molecule has 0 aromatic heterocycles. The van der Waals surface area contributed by atoms with Gasteiger partial charge in [0, 0.05) is 28.3 Å². The highest BCUT2D eigenvalue weighted by molar-refractivity contribution is 6.32. The number of hydrogen-bond donors (Lipinski definition) is 2. The summed E-state index contributed by atoms with van der Waals surface area (Å²) in [5.74, 6) is -1.86. The normalized spacial score (nSPS) is 15.3. The topological polar surface area (TPSA) is 83.5 Å². The number of ketones is 2. The number of rotatable bonds is 3. The molecule has 2 aromatic rings. The van der Waals surface area contributed by atoms with Crippen LogP contribution in [0.1, 0.15) is 51.3 Å². The number of amides is 1. The zero-order valence-electron chi connectivity index (χ0n) is 15.2. The molecular formula is C21H21NO4. The number of nitrogens with one attached hydrogen (secondary N) is 1. The first-order valence-corrected chi connectivity index (χ1v) is 8.51. The quantitative estimate of drug-likeness (QED) is 0.832. The molecule has 26 heavy (non-hydrogen) atoms. The van der Waals surface area contributed by atoms with Gasteiger partial charge < -0.3 is 10.4 Å². The molecule has 134 valence electrons. The molecule has 3 rings (SSSR count). The highest BCUT2D eigenvalue weighted by Crippen LogP contribution is 2.42. The van der Waals surface area contributed by atoms with E-state index >= 15 is 0 Å². The first-order chi connectivity index (χ1) is 12.2. The predicted octanol–water partition coefficient (Wildman–Crippen LogP) is 3.16. The Balaban J connectivity index is 2.22. The molecule has 5 heteroatoms. The van der Waals surface area contributed by atoms with E-state index in [1.54, 1.807) is 45.0 Å². The van der Waals surface area contributed by atoms with E-state index in [1.165, 1.54) is 12.1 Å². The minimum absolute atomic E-state index is 0.142. The van der Waals surface area contributed by atoms with Crippen LogP contribution in [0.5, 0.6) is 0 Å². The third-order valence-corrected chi connectivity index (χ3v) is 4.70. The Kier molecular flexibility index (Phi) is 4.28. The van der Waals surface area contributed by atoms with Gasteiger partial charge >= 0.3 is 0 Å². The Morgan fingerprint density at radius 1 is 1.04 bits per heavy atom. The molecule has 0 saturated carbocycles. The largest absolute Gasteiger partial charge is 0.370 e. The number of carbonyl (C=O) groups excluding carboxylic acids is 3. The Morgan fingerprint density at radius 3 is 2.08 bits per heavy atom. The van der Waals surface area contributed by atoms with Crippen LogP contribution in [0.25, 0.3) is 0 Å². The predicted molar refractivity (Wildman–Crippen MR) is 98.4 cm³/mol. The lowest BCUT2D eigenvalue weighted by Crippen LogP contribution is -2.40. The molecular weight excluding hydrogens is 330 g/mol. The van der Waals surface area contributed by atoms with E-state index < -0.39 is 17.2 Å². The van der Waals surface area contributed by atoms with Gasteiger partial charge in [-0.3, -0.25) is 14.4 Å². The van der Waals surface area contributed by atoms with Crippen molar-refractivity contribution in [3.8, 4) is 0 Å². The molecule has 0 radical (unpaired) electrons. The molecule has 2 aromatic carbocycles. The fourth-order valence-corrected chi connectivity index (χ4v) is 3.42. The van der Waals surface area contributed by atoms with Gasteiger partial charge in [0.1, 0.15) is 0 Å². The summed E-state index contributed by atoms with van der Waals surface area (Å²) in [7, 11) is 0. The van der Waals surface area contributed by atoms with Crippen molar-refractivity contribution < 1.29 is 19.5 Å². The minimum atomic E-state index is -2.33. The Morgan fingerprint density at radius 2 is 1.58 bits per heavy atom. The number of anilines is 1. The van der Waals surface area contributed by atoms with E-state index in [9.17, 15) is 19.5 Å². The van der Waals surface area contributed by atoms with E-state index in [-0.39, 0.29) is 28.5 Å². The molecule has 0 spiro atoms. The summed E-state index contributed by atoms with van der Waals surface area (Å²) >= 11 is 0. The lowest BCUT2D eigenvalue weighted by Gasteiger charge is -2.26. The molecule has 0 unspecified atom stereocenters. The molecule has 0 saturated heterocycles. The summed E-state index contributed by atoms with van der Waals surface area (Å²) < 4.78 is 0. The molecule has 0 heterocycles. The highest BCUT2D eigenvalue weighted by Gasteiger charge is 2.54. The summed E-state index contributed by atoms with van der Waals surface area (Å²) in [6.07, 6.45) is 0. The van der Waals surface area contributed by atoms with Crippen molar-refractivity contribution in [2.45, 2.75) is 33.3 Å². The zero-order chi connectivity index (χ0) is 19.2. The summed E-state index contributed by atoms with van der Waals surface area (Å²) in [4.78, 5) is 38.1. The summed E-state index contributed by atoms with van der Waals surface area (Å²) in [5, 5.41) is 14.0. The average molecular weight is 351 g/mol. The summed E-state index contributed by atoms with van der Waals surface area (Å²) in [6.45, 7) is 7.05. The lowest BCUT2D eigenvalue weighted by atomic mass is 9.83. The van der Waals surface area contributed by atoms with Crippen LogP contribution in [0, 0.1) is 19.8 Å². The molecule has 0 fully saturated rings. The van der Waals surface area contributed by atoms with Crippen LogP contribution in [-0.4, -0.2) is 22.6 Å². The van der Waals surface area contributed by atoms with E-state index in [4.69, 9.17) is 0 Å². The van der Waals surface area contributed by atoms with E-state index in [2.05, 4.69) is 5.32 Å². The van der Waals surface area contributed by atoms with Crippen LogP contribution >= 0.6 is 0 Å². The molecule has 2 N–H and O–H groups in total. The van der Waals surface area contributed by atoms with Gasteiger partial charge in [-0.05, 0) is 31.0 Å². The van der Waals surface area contributed by atoms with Gasteiger partial charge in [0.15, 0.2) is 0 Å². The Hall–Kier alpha value is -2.79. The molecule has 1 amide bonds. The monoisotopic (exact) mass is 351 g/mol. The van der Waals surface area contributed by atoms with Crippen LogP contribution in [-0.2, 0) is 10.4 Å². The molecule has 0 bridgehead atoms. The third-order valence-electron chi connectivity index (χ3n) is 4.70. The van der Waals surface area contributed by atoms with Crippen molar-refractivity contribution in [1.82, 2.24) is 0 Å². The van der Waals surface area contributed by atoms with Gasteiger partial charge in [-0.25, -0.2) is 0 Å². The maximum Gasteiger partial charge on any atom is 0.226 e. The average Bonchev–Trinajstić information content (AvgIpc) is 2.77. The highest BCUT2D eigenvalue weighted by atomic mass is 16.3. The van der Waals surface area contributed by atoms with Gasteiger partial charge in [-0.1, -0.05) is 44.2 Å². The fraction of sp³-hybridized carbons (Fsp3) is 0.286. The van der Waals surface area contributed by atoms with E-state index in [1.807, 2.05) is 6.92 Å². The number of Topliss-reactive ketones (excluding diaryl/α,β-unsaturated/α-hetero) is 2. The van der Waals surface area contributed by atoms with Crippen molar-refractivity contribution in [1.29, 1.82) is 0 Å². The van der Waals surface area contributed by atoms with Gasteiger partial charge in [0.25, 0.3) is 0 Å². The second-order valence-electron chi connectivity index (χ2n) is 7.06. The first-order valence-electron chi connectivity index (χ1n) is 8.51. The molecule has 0 atom stereocenters. The summed E-state index contributed by atoms with van der Waals surface area (Å²) in [5.41, 5.74) is -0.0877. The molecule has 5 nitrogen and oxygen atoms in total.